The van der Waals surface area contributed by atoms with Gasteiger partial charge in [0.25, 0.3) is 5.91 Å². The molecule has 0 bridgehead atoms. The molecule has 0 N–H and O–H groups in total. The number of aryl methyl sites for hydroxylation is 1. The van der Waals surface area contributed by atoms with Crippen molar-refractivity contribution in [2.24, 2.45) is 0 Å². The van der Waals surface area contributed by atoms with Crippen molar-refractivity contribution in [3.8, 4) is 17.2 Å². The average molecular weight is 495 g/mol. The Morgan fingerprint density at radius 3 is 2.43 bits per heavy atom. The fraction of sp³-hybridized carbons (Fsp3) is 0.333. The van der Waals surface area contributed by atoms with E-state index in [1.54, 1.807) is 52.5 Å². The highest BCUT2D eigenvalue weighted by Crippen LogP contribution is 2.33. The molecule has 4 rings (SSSR count). The van der Waals surface area contributed by atoms with Crippen molar-refractivity contribution < 1.29 is 23.8 Å². The summed E-state index contributed by atoms with van der Waals surface area (Å²) in [7, 11) is 1.58. The molecule has 0 fully saturated rings. The first kappa shape index (κ1) is 24.6. The van der Waals surface area contributed by atoms with E-state index in [1.807, 2.05) is 44.4 Å². The Balaban J connectivity index is 1.55. The number of amides is 2. The number of methoxy groups -OCH3 is 1. The topological polar surface area (TPSA) is 68.3 Å². The number of carbonyl (C=O) groups is 2. The number of hydrogen-bond acceptors (Lipinski definition) is 6. The van der Waals surface area contributed by atoms with E-state index < -0.39 is 0 Å². The van der Waals surface area contributed by atoms with Crippen molar-refractivity contribution >= 4 is 23.2 Å². The molecule has 1 aromatic heterocycles. The molecule has 2 amide bonds. The second-order valence-corrected chi connectivity index (χ2v) is 9.72. The zero-order chi connectivity index (χ0) is 24.9. The zero-order valence-corrected chi connectivity index (χ0v) is 21.3. The lowest BCUT2D eigenvalue weighted by molar-refractivity contribution is -0.133. The van der Waals surface area contributed by atoms with Gasteiger partial charge in [-0.05, 0) is 79.7 Å². The standard InChI is InChI=1S/C27H30N2O5S/c1-18(2)29(27(31)21-6-8-22(32-4)9-7-21)16-26(30)28(15-25-19(3)11-12-35-25)14-20-5-10-23-24(13-20)34-17-33-23/h5-13,18H,14-17H2,1-4H3. The first-order chi connectivity index (χ1) is 16.9. The number of hydrogen-bond donors (Lipinski definition) is 0. The quantitative estimate of drug-likeness (QED) is 0.424. The average Bonchev–Trinajstić information content (AvgIpc) is 3.49. The highest BCUT2D eigenvalue weighted by molar-refractivity contribution is 7.10. The van der Waals surface area contributed by atoms with Gasteiger partial charge >= 0.3 is 0 Å². The molecule has 0 spiro atoms. The number of nitrogens with zero attached hydrogens (tertiary/aromatic N) is 2. The summed E-state index contributed by atoms with van der Waals surface area (Å²) < 4.78 is 16.1. The number of thiophene rings is 1. The molecule has 2 heterocycles. The SMILES string of the molecule is COc1ccc(C(=O)N(CC(=O)N(Cc2ccc3c(c2)OCO3)Cc2sccc2C)C(C)C)cc1. The summed E-state index contributed by atoms with van der Waals surface area (Å²) in [6.07, 6.45) is 0. The van der Waals surface area contributed by atoms with Crippen LogP contribution in [0.15, 0.2) is 53.9 Å². The van der Waals surface area contributed by atoms with E-state index in [0.29, 0.717) is 35.9 Å². The van der Waals surface area contributed by atoms with Gasteiger partial charge in [0.05, 0.1) is 13.7 Å². The molecule has 3 aromatic rings. The van der Waals surface area contributed by atoms with Gasteiger partial charge < -0.3 is 24.0 Å². The van der Waals surface area contributed by atoms with Crippen LogP contribution in [0.3, 0.4) is 0 Å². The summed E-state index contributed by atoms with van der Waals surface area (Å²) in [5.41, 5.74) is 2.60. The summed E-state index contributed by atoms with van der Waals surface area (Å²) >= 11 is 1.63. The van der Waals surface area contributed by atoms with Gasteiger partial charge in [-0.2, -0.15) is 0 Å². The van der Waals surface area contributed by atoms with Crippen LogP contribution in [0.4, 0.5) is 0 Å². The van der Waals surface area contributed by atoms with Gasteiger partial charge in [0.2, 0.25) is 12.7 Å². The van der Waals surface area contributed by atoms with Crippen LogP contribution in [0, 0.1) is 6.92 Å². The minimum absolute atomic E-state index is 0.0164. The van der Waals surface area contributed by atoms with Crippen LogP contribution in [0.2, 0.25) is 0 Å². The van der Waals surface area contributed by atoms with Crippen molar-refractivity contribution in [1.82, 2.24) is 9.80 Å². The number of carbonyl (C=O) groups excluding carboxylic acids is 2. The van der Waals surface area contributed by atoms with Gasteiger partial charge in [-0.15, -0.1) is 11.3 Å². The van der Waals surface area contributed by atoms with E-state index >= 15 is 0 Å². The molecular formula is C27H30N2O5S. The van der Waals surface area contributed by atoms with Crippen molar-refractivity contribution in [3.05, 3.63) is 75.5 Å². The summed E-state index contributed by atoms with van der Waals surface area (Å²) in [6, 6.07) is 14.6. The predicted octanol–water partition coefficient (Wildman–Crippen LogP) is 4.87. The van der Waals surface area contributed by atoms with Gasteiger partial charge in [0.15, 0.2) is 11.5 Å². The molecule has 35 heavy (non-hydrogen) atoms. The molecule has 1 aliphatic rings. The molecule has 0 radical (unpaired) electrons. The molecule has 2 aromatic carbocycles. The third-order valence-electron chi connectivity index (χ3n) is 5.99. The van der Waals surface area contributed by atoms with Crippen LogP contribution in [-0.4, -0.2) is 48.1 Å². The molecule has 0 saturated heterocycles. The monoisotopic (exact) mass is 494 g/mol. The molecule has 1 aliphatic heterocycles. The number of ether oxygens (including phenoxy) is 3. The molecule has 184 valence electrons. The lowest BCUT2D eigenvalue weighted by atomic mass is 10.1. The van der Waals surface area contributed by atoms with Crippen LogP contribution in [0.5, 0.6) is 17.2 Å². The Bertz CT molecular complexity index is 1190. The first-order valence-corrected chi connectivity index (χ1v) is 12.4. The fourth-order valence-electron chi connectivity index (χ4n) is 3.87. The first-order valence-electron chi connectivity index (χ1n) is 11.5. The molecule has 0 atom stereocenters. The number of benzene rings is 2. The third kappa shape index (κ3) is 5.77. The van der Waals surface area contributed by atoms with Crippen molar-refractivity contribution in [3.63, 3.8) is 0 Å². The van der Waals surface area contributed by atoms with E-state index in [-0.39, 0.29) is 31.2 Å². The number of fused-ring (bicyclic) bond motifs is 1. The Morgan fingerprint density at radius 1 is 1.03 bits per heavy atom. The summed E-state index contributed by atoms with van der Waals surface area (Å²) in [4.78, 5) is 31.4. The van der Waals surface area contributed by atoms with Crippen LogP contribution < -0.4 is 14.2 Å². The Morgan fingerprint density at radius 2 is 1.77 bits per heavy atom. The maximum Gasteiger partial charge on any atom is 0.254 e. The minimum atomic E-state index is -0.189. The highest BCUT2D eigenvalue weighted by atomic mass is 32.1. The van der Waals surface area contributed by atoms with E-state index in [2.05, 4.69) is 6.07 Å². The minimum Gasteiger partial charge on any atom is -0.497 e. The lowest BCUT2D eigenvalue weighted by Gasteiger charge is -2.30. The summed E-state index contributed by atoms with van der Waals surface area (Å²) in [5.74, 6) is 1.75. The highest BCUT2D eigenvalue weighted by Gasteiger charge is 2.26. The Kier molecular flexibility index (Phi) is 7.60. The van der Waals surface area contributed by atoms with Crippen LogP contribution >= 0.6 is 11.3 Å². The summed E-state index contributed by atoms with van der Waals surface area (Å²) in [5, 5.41) is 2.03. The second kappa shape index (κ2) is 10.8. The van der Waals surface area contributed by atoms with Crippen LogP contribution in [0.1, 0.15) is 40.2 Å². The van der Waals surface area contributed by atoms with Crippen molar-refractivity contribution in [2.45, 2.75) is 39.9 Å². The molecule has 0 unspecified atom stereocenters. The van der Waals surface area contributed by atoms with Crippen LogP contribution in [0.25, 0.3) is 0 Å². The third-order valence-corrected chi connectivity index (χ3v) is 7.00. The molecule has 0 aliphatic carbocycles. The lowest BCUT2D eigenvalue weighted by Crippen LogP contribution is -2.45. The summed E-state index contributed by atoms with van der Waals surface area (Å²) in [6.45, 7) is 6.93. The predicted molar refractivity (Wildman–Crippen MR) is 135 cm³/mol. The van der Waals surface area contributed by atoms with Gasteiger partial charge in [0, 0.05) is 23.0 Å². The fourth-order valence-corrected chi connectivity index (χ4v) is 4.79. The van der Waals surface area contributed by atoms with Gasteiger partial charge in [-0.3, -0.25) is 9.59 Å². The smallest absolute Gasteiger partial charge is 0.254 e. The van der Waals surface area contributed by atoms with Crippen LogP contribution in [-0.2, 0) is 17.9 Å². The van der Waals surface area contributed by atoms with Crippen molar-refractivity contribution in [2.75, 3.05) is 20.4 Å². The molecular weight excluding hydrogens is 464 g/mol. The zero-order valence-electron chi connectivity index (χ0n) is 20.4. The molecule has 7 nitrogen and oxygen atoms in total. The largest absolute Gasteiger partial charge is 0.497 e. The maximum absolute atomic E-state index is 13.6. The Hall–Kier alpha value is -3.52. The van der Waals surface area contributed by atoms with E-state index in [1.165, 1.54) is 0 Å². The van der Waals surface area contributed by atoms with Crippen molar-refractivity contribution in [1.29, 1.82) is 0 Å². The normalized spacial score (nSPS) is 12.0. The van der Waals surface area contributed by atoms with Gasteiger partial charge in [-0.1, -0.05) is 6.07 Å². The van der Waals surface area contributed by atoms with Gasteiger partial charge in [0.1, 0.15) is 12.3 Å². The Labute approximate surface area is 209 Å². The molecule has 8 heteroatoms. The second-order valence-electron chi connectivity index (χ2n) is 8.72. The van der Waals surface area contributed by atoms with E-state index in [9.17, 15) is 9.59 Å². The maximum atomic E-state index is 13.6. The van der Waals surface area contributed by atoms with Gasteiger partial charge in [-0.25, -0.2) is 0 Å². The van der Waals surface area contributed by atoms with E-state index in [4.69, 9.17) is 14.2 Å². The van der Waals surface area contributed by atoms with E-state index in [0.717, 1.165) is 16.0 Å². The molecule has 0 saturated carbocycles. The number of rotatable bonds is 9.